The Balaban J connectivity index is 0.00000243. The lowest BCUT2D eigenvalue weighted by Crippen LogP contribution is -2.46. The van der Waals surface area contributed by atoms with Crippen LogP contribution in [-0.2, 0) is 11.2 Å². The Morgan fingerprint density at radius 3 is 2.77 bits per heavy atom. The van der Waals surface area contributed by atoms with Crippen LogP contribution in [0, 0.1) is 12.8 Å². The minimum atomic E-state index is -0.397. The molecule has 1 fully saturated rings. The fourth-order valence-corrected chi connectivity index (χ4v) is 3.57. The van der Waals surface area contributed by atoms with Crippen LogP contribution in [0.25, 0.3) is 0 Å². The summed E-state index contributed by atoms with van der Waals surface area (Å²) in [6.07, 6.45) is 2.81. The van der Waals surface area contributed by atoms with Crippen LogP contribution in [0.2, 0.25) is 0 Å². The van der Waals surface area contributed by atoms with E-state index in [1.807, 2.05) is 49.2 Å². The summed E-state index contributed by atoms with van der Waals surface area (Å²) in [6.45, 7) is 4.39. The van der Waals surface area contributed by atoms with Gasteiger partial charge in [0.25, 0.3) is 0 Å². The number of nitrogens with one attached hydrogen (secondary N) is 1. The zero-order valence-corrected chi connectivity index (χ0v) is 16.2. The number of carbonyl (C=O) groups excluding carboxylic acids is 1. The number of rotatable bonds is 6. The smallest absolute Gasteiger partial charge is 0.247 e. The number of nitrogens with zero attached hydrogens (tertiary/aromatic N) is 5. The third-order valence-corrected chi connectivity index (χ3v) is 4.83. The van der Waals surface area contributed by atoms with Crippen molar-refractivity contribution in [1.29, 1.82) is 0 Å². The number of amides is 1. The number of benzene rings is 1. The lowest BCUT2D eigenvalue weighted by atomic mass is 9.96. The highest BCUT2D eigenvalue weighted by Gasteiger charge is 2.31. The zero-order chi connectivity index (χ0) is 17.6. The minimum absolute atomic E-state index is 0. The molecule has 1 N–H and O–H groups in total. The van der Waals surface area contributed by atoms with E-state index in [2.05, 4.69) is 20.8 Å². The maximum atomic E-state index is 13.3. The molecule has 0 saturated carbocycles. The largest absolute Gasteiger partial charge is 0.341 e. The molecular weight excluding hydrogens is 352 g/mol. The van der Waals surface area contributed by atoms with Crippen molar-refractivity contribution in [2.75, 3.05) is 26.7 Å². The second-order valence-electron chi connectivity index (χ2n) is 6.73. The molecular formula is C18H27ClN6O. The molecule has 0 spiro atoms. The molecule has 1 amide bonds. The van der Waals surface area contributed by atoms with E-state index >= 15 is 0 Å². The van der Waals surface area contributed by atoms with Gasteiger partial charge in [-0.15, -0.1) is 17.5 Å². The van der Waals surface area contributed by atoms with Crippen molar-refractivity contribution >= 4 is 18.3 Å². The number of aromatic nitrogens is 4. The number of hydrogen-bond donors (Lipinski definition) is 1. The number of carbonyl (C=O) groups is 1. The van der Waals surface area contributed by atoms with Gasteiger partial charge in [-0.1, -0.05) is 30.3 Å². The lowest BCUT2D eigenvalue weighted by molar-refractivity contribution is -0.137. The van der Waals surface area contributed by atoms with Gasteiger partial charge in [-0.3, -0.25) is 4.79 Å². The van der Waals surface area contributed by atoms with Gasteiger partial charge in [0.1, 0.15) is 11.9 Å². The van der Waals surface area contributed by atoms with Gasteiger partial charge in [0.15, 0.2) is 0 Å². The van der Waals surface area contributed by atoms with Crippen LogP contribution in [0.5, 0.6) is 0 Å². The summed E-state index contributed by atoms with van der Waals surface area (Å²) in [5.41, 5.74) is 1.11. The van der Waals surface area contributed by atoms with E-state index in [-0.39, 0.29) is 18.3 Å². The monoisotopic (exact) mass is 378 g/mol. The normalized spacial score (nSPS) is 18.2. The first-order valence-corrected chi connectivity index (χ1v) is 8.91. The molecule has 0 bridgehead atoms. The topological polar surface area (TPSA) is 75.9 Å². The van der Waals surface area contributed by atoms with Crippen molar-refractivity contribution in [3.8, 4) is 0 Å². The summed E-state index contributed by atoms with van der Waals surface area (Å²) in [5, 5.41) is 15.0. The first-order valence-electron chi connectivity index (χ1n) is 8.91. The molecule has 8 heteroatoms. The summed E-state index contributed by atoms with van der Waals surface area (Å²) < 4.78 is 1.66. The van der Waals surface area contributed by atoms with E-state index < -0.39 is 6.04 Å². The Morgan fingerprint density at radius 2 is 2.12 bits per heavy atom. The third-order valence-electron chi connectivity index (χ3n) is 4.83. The van der Waals surface area contributed by atoms with Crippen LogP contribution in [0.3, 0.4) is 0 Å². The Hall–Kier alpha value is -1.99. The van der Waals surface area contributed by atoms with Gasteiger partial charge in [0.2, 0.25) is 5.91 Å². The average Bonchev–Trinajstić information content (AvgIpc) is 3.06. The molecule has 7 nitrogen and oxygen atoms in total. The highest BCUT2D eigenvalue weighted by Crippen LogP contribution is 2.22. The molecule has 26 heavy (non-hydrogen) atoms. The van der Waals surface area contributed by atoms with Gasteiger partial charge in [0, 0.05) is 19.5 Å². The summed E-state index contributed by atoms with van der Waals surface area (Å²) in [6, 6.07) is 9.65. The molecule has 1 aromatic heterocycles. The van der Waals surface area contributed by atoms with Crippen LogP contribution in [0.4, 0.5) is 0 Å². The number of aryl methyl sites for hydroxylation is 1. The molecule has 1 aliphatic rings. The van der Waals surface area contributed by atoms with Crippen molar-refractivity contribution in [3.05, 3.63) is 41.7 Å². The average molecular weight is 379 g/mol. The quantitative estimate of drug-likeness (QED) is 0.827. The van der Waals surface area contributed by atoms with E-state index in [0.29, 0.717) is 18.2 Å². The molecule has 1 aromatic carbocycles. The number of hydrogen-bond acceptors (Lipinski definition) is 5. The van der Waals surface area contributed by atoms with Gasteiger partial charge in [-0.25, -0.2) is 4.68 Å². The highest BCUT2D eigenvalue weighted by atomic mass is 35.5. The van der Waals surface area contributed by atoms with Crippen molar-refractivity contribution in [2.24, 2.45) is 5.92 Å². The molecule has 142 valence electrons. The second-order valence-corrected chi connectivity index (χ2v) is 6.73. The molecule has 2 aromatic rings. The molecule has 2 unspecified atom stereocenters. The predicted octanol–water partition coefficient (Wildman–Crippen LogP) is 1.65. The highest BCUT2D eigenvalue weighted by molar-refractivity contribution is 5.85. The van der Waals surface area contributed by atoms with Crippen molar-refractivity contribution in [2.45, 2.75) is 32.2 Å². The standard InChI is InChI=1S/C18H26N6O.ClH/c1-14-20-21-22-24(14)17(11-15-7-4-3-5-8-15)18(25)23-10-6-9-16(13-23)12-19-2;/h3-5,7-8,16-17,19H,6,9-13H2,1-2H3;1H. The summed E-state index contributed by atoms with van der Waals surface area (Å²) in [7, 11) is 1.96. The molecule has 1 saturated heterocycles. The molecule has 3 rings (SSSR count). The van der Waals surface area contributed by atoms with Gasteiger partial charge < -0.3 is 10.2 Å². The van der Waals surface area contributed by atoms with Gasteiger partial charge >= 0.3 is 0 Å². The van der Waals surface area contributed by atoms with Crippen molar-refractivity contribution in [1.82, 2.24) is 30.4 Å². The van der Waals surface area contributed by atoms with Crippen molar-refractivity contribution in [3.63, 3.8) is 0 Å². The summed E-state index contributed by atoms with van der Waals surface area (Å²) in [5.74, 6) is 1.29. The Labute approximate surface area is 160 Å². The van der Waals surface area contributed by atoms with Gasteiger partial charge in [0.05, 0.1) is 0 Å². The maximum absolute atomic E-state index is 13.3. The predicted molar refractivity (Wildman–Crippen MR) is 102 cm³/mol. The minimum Gasteiger partial charge on any atom is -0.341 e. The van der Waals surface area contributed by atoms with Crippen LogP contribution >= 0.6 is 12.4 Å². The van der Waals surface area contributed by atoms with E-state index in [4.69, 9.17) is 0 Å². The fraction of sp³-hybridized carbons (Fsp3) is 0.556. The van der Waals surface area contributed by atoms with Crippen LogP contribution in [0.1, 0.15) is 30.3 Å². The molecule has 2 heterocycles. The molecule has 2 atom stereocenters. The van der Waals surface area contributed by atoms with E-state index in [1.54, 1.807) is 4.68 Å². The zero-order valence-electron chi connectivity index (χ0n) is 15.3. The number of piperidine rings is 1. The lowest BCUT2D eigenvalue weighted by Gasteiger charge is -2.35. The molecule has 0 radical (unpaired) electrons. The Morgan fingerprint density at radius 1 is 1.35 bits per heavy atom. The summed E-state index contributed by atoms with van der Waals surface area (Å²) in [4.78, 5) is 15.3. The van der Waals surface area contributed by atoms with Crippen molar-refractivity contribution < 1.29 is 4.79 Å². The van der Waals surface area contributed by atoms with E-state index in [1.165, 1.54) is 0 Å². The van der Waals surface area contributed by atoms with Crippen LogP contribution in [0.15, 0.2) is 30.3 Å². The number of tetrazole rings is 1. The Kier molecular flexibility index (Phi) is 7.53. The SMILES string of the molecule is CNCC1CCCN(C(=O)C(Cc2ccccc2)n2nnnc2C)C1.Cl. The number of halogens is 1. The van der Waals surface area contributed by atoms with Gasteiger partial charge in [-0.05, 0) is 55.3 Å². The molecule has 1 aliphatic heterocycles. The maximum Gasteiger partial charge on any atom is 0.247 e. The Bertz CT molecular complexity index is 690. The van der Waals surface area contributed by atoms with E-state index in [9.17, 15) is 4.79 Å². The second kappa shape index (κ2) is 9.64. The molecule has 0 aliphatic carbocycles. The van der Waals surface area contributed by atoms with Gasteiger partial charge in [-0.2, -0.15) is 0 Å². The first kappa shape index (κ1) is 20.3. The van der Waals surface area contributed by atoms with Crippen LogP contribution < -0.4 is 5.32 Å². The van der Waals surface area contributed by atoms with Crippen LogP contribution in [-0.4, -0.2) is 57.7 Å². The fourth-order valence-electron chi connectivity index (χ4n) is 3.57. The summed E-state index contributed by atoms with van der Waals surface area (Å²) >= 11 is 0. The first-order chi connectivity index (χ1) is 12.2. The third kappa shape index (κ3) is 4.80. The number of likely N-dealkylation sites (tertiary alicyclic amines) is 1. The van der Waals surface area contributed by atoms with E-state index in [0.717, 1.165) is 38.0 Å².